The third-order valence-corrected chi connectivity index (χ3v) is 4.42. The molecule has 0 spiro atoms. The van der Waals surface area contributed by atoms with Crippen molar-refractivity contribution in [3.63, 3.8) is 0 Å². The van der Waals surface area contributed by atoms with E-state index >= 15 is 0 Å². The predicted molar refractivity (Wildman–Crippen MR) is 109 cm³/mol. The highest BCUT2D eigenvalue weighted by Crippen LogP contribution is 2.52. The lowest BCUT2D eigenvalue weighted by Gasteiger charge is -2.20. The van der Waals surface area contributed by atoms with Gasteiger partial charge in [-0.25, -0.2) is 0 Å². The molecule has 0 N–H and O–H groups in total. The number of rotatable bonds is 6. The fourth-order valence-electron chi connectivity index (χ4n) is 3.23. The van der Waals surface area contributed by atoms with Gasteiger partial charge in [-0.1, -0.05) is 48.5 Å². The number of fused-ring (bicyclic) bond motifs is 1. The van der Waals surface area contributed by atoms with Crippen LogP contribution in [0, 0.1) is 6.92 Å². The zero-order chi connectivity index (χ0) is 21.0. The first kappa shape index (κ1) is 20.2. The second kappa shape index (κ2) is 8.65. The molecular weight excluding hydrogens is 372 g/mol. The fourth-order valence-corrected chi connectivity index (χ4v) is 3.23. The molecule has 0 aliphatic heterocycles. The Bertz CT molecular complexity index is 1060. The van der Waals surface area contributed by atoms with Gasteiger partial charge >= 0.3 is 11.9 Å². The average Bonchev–Trinajstić information content (AvgIpc) is 2.69. The third kappa shape index (κ3) is 4.16. The molecule has 6 nitrogen and oxygen atoms in total. The number of carbonyl (C=O) groups excluding carboxylic acids is 2. The number of hydrogen-bond donors (Lipinski definition) is 0. The van der Waals surface area contributed by atoms with Gasteiger partial charge in [0, 0.05) is 17.7 Å². The van der Waals surface area contributed by atoms with Crippen LogP contribution in [-0.4, -0.2) is 26.2 Å². The van der Waals surface area contributed by atoms with Crippen LogP contribution in [0.25, 0.3) is 10.8 Å². The lowest BCUT2D eigenvalue weighted by Crippen LogP contribution is -2.13. The molecule has 3 aromatic rings. The van der Waals surface area contributed by atoms with Crippen molar-refractivity contribution in [2.24, 2.45) is 0 Å². The second-order valence-corrected chi connectivity index (χ2v) is 6.45. The van der Waals surface area contributed by atoms with E-state index in [-0.39, 0.29) is 29.4 Å². The molecule has 3 aromatic carbocycles. The second-order valence-electron chi connectivity index (χ2n) is 6.45. The molecule has 3 rings (SSSR count). The smallest absolute Gasteiger partial charge is 0.315 e. The van der Waals surface area contributed by atoms with Crippen molar-refractivity contribution in [3.8, 4) is 23.0 Å². The molecule has 0 aliphatic carbocycles. The maximum atomic E-state index is 12.6. The molecule has 0 fully saturated rings. The van der Waals surface area contributed by atoms with E-state index in [1.807, 2.05) is 49.4 Å². The van der Waals surface area contributed by atoms with Crippen LogP contribution in [0.1, 0.15) is 18.1 Å². The first-order valence-electron chi connectivity index (χ1n) is 9.06. The molecule has 0 radical (unpaired) electrons. The van der Waals surface area contributed by atoms with Crippen molar-refractivity contribution >= 4 is 22.7 Å². The first-order valence-corrected chi connectivity index (χ1v) is 9.06. The number of methoxy groups -OCH3 is 2. The topological polar surface area (TPSA) is 71.1 Å². The number of ether oxygens (including phenoxy) is 4. The molecule has 0 bridgehead atoms. The van der Waals surface area contributed by atoms with E-state index in [2.05, 4.69) is 0 Å². The highest BCUT2D eigenvalue weighted by Gasteiger charge is 2.27. The van der Waals surface area contributed by atoms with Crippen molar-refractivity contribution in [1.29, 1.82) is 0 Å². The van der Waals surface area contributed by atoms with Crippen LogP contribution < -0.4 is 18.9 Å². The minimum absolute atomic E-state index is 0.102. The molecule has 0 heterocycles. The highest BCUT2D eigenvalue weighted by molar-refractivity contribution is 6.03. The average molecular weight is 394 g/mol. The van der Waals surface area contributed by atoms with Crippen LogP contribution in [-0.2, 0) is 16.0 Å². The SMILES string of the molecule is COc1c(OC)c(OC(C)=O)c2c(C)cccc2c1OC(=O)Cc1ccccc1. The molecular formula is C23H22O6. The van der Waals surface area contributed by atoms with E-state index in [4.69, 9.17) is 18.9 Å². The lowest BCUT2D eigenvalue weighted by molar-refractivity contribution is -0.134. The van der Waals surface area contributed by atoms with Gasteiger partial charge in [0.2, 0.25) is 11.5 Å². The van der Waals surface area contributed by atoms with Crippen molar-refractivity contribution in [2.75, 3.05) is 14.2 Å². The number of esters is 2. The lowest BCUT2D eigenvalue weighted by atomic mass is 10.0. The minimum Gasteiger partial charge on any atom is -0.490 e. The molecule has 0 amide bonds. The maximum Gasteiger partial charge on any atom is 0.315 e. The number of aryl methyl sites for hydroxylation is 1. The van der Waals surface area contributed by atoms with Crippen LogP contribution in [0.15, 0.2) is 48.5 Å². The van der Waals surface area contributed by atoms with E-state index < -0.39 is 11.9 Å². The van der Waals surface area contributed by atoms with Gasteiger partial charge in [0.05, 0.1) is 20.6 Å². The van der Waals surface area contributed by atoms with E-state index in [1.54, 1.807) is 6.07 Å². The molecule has 0 aliphatic rings. The van der Waals surface area contributed by atoms with Crippen molar-refractivity contribution < 1.29 is 28.5 Å². The van der Waals surface area contributed by atoms with Gasteiger partial charge in [0.15, 0.2) is 11.5 Å². The Kier molecular flexibility index (Phi) is 6.02. The van der Waals surface area contributed by atoms with Crippen molar-refractivity contribution in [2.45, 2.75) is 20.3 Å². The van der Waals surface area contributed by atoms with Gasteiger partial charge in [-0.3, -0.25) is 9.59 Å². The van der Waals surface area contributed by atoms with Gasteiger partial charge in [-0.15, -0.1) is 0 Å². The molecule has 0 unspecified atom stereocenters. The summed E-state index contributed by atoms with van der Waals surface area (Å²) in [6.45, 7) is 3.18. The molecule has 0 saturated heterocycles. The van der Waals surface area contributed by atoms with E-state index in [0.29, 0.717) is 10.8 Å². The summed E-state index contributed by atoms with van der Waals surface area (Å²) in [4.78, 5) is 24.3. The normalized spacial score (nSPS) is 10.5. The van der Waals surface area contributed by atoms with Gasteiger partial charge in [0.1, 0.15) is 0 Å². The number of benzene rings is 3. The molecule has 0 aromatic heterocycles. The largest absolute Gasteiger partial charge is 0.490 e. The summed E-state index contributed by atoms with van der Waals surface area (Å²) in [5, 5.41) is 1.20. The van der Waals surface area contributed by atoms with Crippen LogP contribution in [0.5, 0.6) is 23.0 Å². The monoisotopic (exact) mass is 394 g/mol. The Morgan fingerprint density at radius 3 is 2.07 bits per heavy atom. The maximum absolute atomic E-state index is 12.6. The van der Waals surface area contributed by atoms with Gasteiger partial charge < -0.3 is 18.9 Å². The van der Waals surface area contributed by atoms with Crippen molar-refractivity contribution in [3.05, 3.63) is 59.7 Å². The molecule has 0 atom stereocenters. The zero-order valence-electron chi connectivity index (χ0n) is 16.8. The Morgan fingerprint density at radius 2 is 1.45 bits per heavy atom. The van der Waals surface area contributed by atoms with Crippen LogP contribution in [0.4, 0.5) is 0 Å². The standard InChI is InChI=1S/C23H22O6/c1-14-9-8-12-17-19(14)21(28-15(2)24)23(27-4)22(26-3)20(17)29-18(25)13-16-10-6-5-7-11-16/h5-12H,13H2,1-4H3. The minimum atomic E-state index is -0.497. The number of carbonyl (C=O) groups is 2. The molecule has 29 heavy (non-hydrogen) atoms. The van der Waals surface area contributed by atoms with Crippen LogP contribution >= 0.6 is 0 Å². The zero-order valence-corrected chi connectivity index (χ0v) is 16.8. The summed E-state index contributed by atoms with van der Waals surface area (Å²) in [7, 11) is 2.87. The van der Waals surface area contributed by atoms with Gasteiger partial charge in [-0.05, 0) is 18.1 Å². The predicted octanol–water partition coefficient (Wildman–Crippen LogP) is 4.24. The summed E-state index contributed by atoms with van der Waals surface area (Å²) in [6.07, 6.45) is 0.102. The third-order valence-electron chi connectivity index (χ3n) is 4.42. The molecule has 150 valence electrons. The Labute approximate surface area is 169 Å². The molecule has 6 heteroatoms. The summed E-state index contributed by atoms with van der Waals surface area (Å²) in [5.74, 6) is -0.119. The number of hydrogen-bond acceptors (Lipinski definition) is 6. The van der Waals surface area contributed by atoms with E-state index in [9.17, 15) is 9.59 Å². The van der Waals surface area contributed by atoms with E-state index in [1.165, 1.54) is 21.1 Å². The summed E-state index contributed by atoms with van der Waals surface area (Å²) >= 11 is 0. The fraction of sp³-hybridized carbons (Fsp3) is 0.217. The Morgan fingerprint density at radius 1 is 0.793 bits per heavy atom. The summed E-state index contributed by atoms with van der Waals surface area (Å²) < 4.78 is 22.1. The summed E-state index contributed by atoms with van der Waals surface area (Å²) in [6, 6.07) is 14.8. The molecule has 0 saturated carbocycles. The quantitative estimate of drug-likeness (QED) is 0.460. The Hall–Kier alpha value is -3.54. The first-order chi connectivity index (χ1) is 14.0. The van der Waals surface area contributed by atoms with Crippen LogP contribution in [0.2, 0.25) is 0 Å². The van der Waals surface area contributed by atoms with Crippen molar-refractivity contribution in [1.82, 2.24) is 0 Å². The van der Waals surface area contributed by atoms with Gasteiger partial charge in [-0.2, -0.15) is 0 Å². The van der Waals surface area contributed by atoms with Crippen LogP contribution in [0.3, 0.4) is 0 Å². The van der Waals surface area contributed by atoms with Gasteiger partial charge in [0.25, 0.3) is 0 Å². The summed E-state index contributed by atoms with van der Waals surface area (Å²) in [5.41, 5.74) is 1.67. The Balaban J connectivity index is 2.17. The van der Waals surface area contributed by atoms with E-state index in [0.717, 1.165) is 11.1 Å². The highest BCUT2D eigenvalue weighted by atomic mass is 16.6.